The van der Waals surface area contributed by atoms with E-state index < -0.39 is 30.5 Å². The Labute approximate surface area is 120 Å². The molecule has 8 heteroatoms. The van der Waals surface area contributed by atoms with Gasteiger partial charge in [-0.25, -0.2) is 13.2 Å². The minimum absolute atomic E-state index is 0. The molecule has 0 fully saturated rings. The number of hydrogen-bond acceptors (Lipinski definition) is 4. The number of nitrogen functional groups attached to an aromatic ring is 1. The molecule has 0 amide bonds. The first-order chi connectivity index (χ1) is 8.86. The van der Waals surface area contributed by atoms with Crippen LogP contribution < -0.4 is 11.5 Å². The van der Waals surface area contributed by atoms with E-state index in [0.29, 0.717) is 0 Å². The van der Waals surface area contributed by atoms with E-state index in [-0.39, 0.29) is 29.5 Å². The number of amidine groups is 1. The maximum absolute atomic E-state index is 13.8. The van der Waals surface area contributed by atoms with Crippen LogP contribution in [0.15, 0.2) is 23.2 Å². The molecule has 1 aromatic rings. The Hall–Kier alpha value is -1.47. The van der Waals surface area contributed by atoms with E-state index in [9.17, 15) is 13.2 Å². The minimum atomic E-state index is -2.96. The van der Waals surface area contributed by atoms with Crippen molar-refractivity contribution in [2.24, 2.45) is 10.7 Å². The summed E-state index contributed by atoms with van der Waals surface area (Å²) in [6, 6.07) is 3.45. The molecule has 0 aromatic heterocycles. The zero-order chi connectivity index (χ0) is 14.2. The number of benzene rings is 1. The second-order valence-electron chi connectivity index (χ2n) is 4.45. The molecule has 1 aliphatic rings. The van der Waals surface area contributed by atoms with Gasteiger partial charge in [-0.05, 0) is 25.1 Å². The summed E-state index contributed by atoms with van der Waals surface area (Å²) in [4.78, 5) is 3.79. The van der Waals surface area contributed by atoms with Crippen LogP contribution >= 0.6 is 12.4 Å². The fourth-order valence-corrected chi connectivity index (χ4v) is 1.93. The van der Waals surface area contributed by atoms with Crippen molar-refractivity contribution in [3.8, 4) is 0 Å². The molecule has 0 saturated carbocycles. The predicted octanol–water partition coefficient (Wildman–Crippen LogP) is 2.07. The summed E-state index contributed by atoms with van der Waals surface area (Å²) in [6.45, 7) is 1.14. The SMILES string of the molecule is C[C@H]1OC[C@](c2cc(N)ccc2F)(C(F)F)N=C1N.Cl. The van der Waals surface area contributed by atoms with Gasteiger partial charge in [0, 0.05) is 11.3 Å². The van der Waals surface area contributed by atoms with E-state index in [1.54, 1.807) is 6.92 Å². The van der Waals surface area contributed by atoms with Crippen molar-refractivity contribution in [3.05, 3.63) is 29.6 Å². The summed E-state index contributed by atoms with van der Waals surface area (Å²) in [5, 5.41) is 0. The molecule has 0 saturated heterocycles. The number of aliphatic imine (C=N–C) groups is 1. The van der Waals surface area contributed by atoms with Gasteiger partial charge in [0.05, 0.1) is 6.61 Å². The molecule has 0 aliphatic carbocycles. The summed E-state index contributed by atoms with van der Waals surface area (Å²) < 4.78 is 45.8. The summed E-state index contributed by atoms with van der Waals surface area (Å²) in [5.41, 5.74) is 8.80. The van der Waals surface area contributed by atoms with Gasteiger partial charge in [0.2, 0.25) is 0 Å². The maximum atomic E-state index is 13.8. The zero-order valence-corrected chi connectivity index (χ0v) is 11.5. The third-order valence-corrected chi connectivity index (χ3v) is 3.12. The number of hydrogen-bond donors (Lipinski definition) is 2. The standard InChI is InChI=1S/C12H14F3N3O.ClH/c1-6-10(17)18-12(5-19-6,11(14)15)8-4-7(16)2-3-9(8)13;/h2-4,6,11H,5,16H2,1H3,(H2,17,18);1H/t6-,12+;/m1./s1. The van der Waals surface area contributed by atoms with Crippen LogP contribution in [0, 0.1) is 5.82 Å². The molecule has 1 aliphatic heterocycles. The van der Waals surface area contributed by atoms with Gasteiger partial charge in [-0.15, -0.1) is 12.4 Å². The molecular weight excluding hydrogens is 295 g/mol. The molecule has 2 atom stereocenters. The van der Waals surface area contributed by atoms with E-state index in [2.05, 4.69) is 4.99 Å². The van der Waals surface area contributed by atoms with Gasteiger partial charge in [-0.1, -0.05) is 0 Å². The second kappa shape index (κ2) is 5.88. The first-order valence-electron chi connectivity index (χ1n) is 5.67. The van der Waals surface area contributed by atoms with E-state index in [0.717, 1.165) is 12.1 Å². The molecule has 0 unspecified atom stereocenters. The van der Waals surface area contributed by atoms with Crippen LogP contribution in [-0.2, 0) is 10.3 Å². The molecule has 20 heavy (non-hydrogen) atoms. The van der Waals surface area contributed by atoms with Crippen molar-refractivity contribution in [2.45, 2.75) is 25.0 Å². The first-order valence-corrected chi connectivity index (χ1v) is 5.67. The van der Waals surface area contributed by atoms with Gasteiger partial charge in [0.25, 0.3) is 6.43 Å². The second-order valence-corrected chi connectivity index (χ2v) is 4.45. The van der Waals surface area contributed by atoms with Crippen molar-refractivity contribution in [2.75, 3.05) is 12.3 Å². The lowest BCUT2D eigenvalue weighted by Crippen LogP contribution is -2.48. The Morgan fingerprint density at radius 2 is 2.05 bits per heavy atom. The fraction of sp³-hybridized carbons (Fsp3) is 0.417. The van der Waals surface area contributed by atoms with E-state index >= 15 is 0 Å². The molecule has 112 valence electrons. The molecule has 1 aromatic carbocycles. The Morgan fingerprint density at radius 1 is 1.40 bits per heavy atom. The quantitative estimate of drug-likeness (QED) is 0.821. The van der Waals surface area contributed by atoms with Gasteiger partial charge in [0.15, 0.2) is 5.54 Å². The molecule has 0 spiro atoms. The van der Waals surface area contributed by atoms with Crippen LogP contribution in [0.1, 0.15) is 12.5 Å². The maximum Gasteiger partial charge on any atom is 0.269 e. The first kappa shape index (κ1) is 16.6. The molecular formula is C12H15ClF3N3O. The highest BCUT2D eigenvalue weighted by Crippen LogP contribution is 2.38. The highest BCUT2D eigenvalue weighted by atomic mass is 35.5. The van der Waals surface area contributed by atoms with Crippen molar-refractivity contribution in [1.82, 2.24) is 0 Å². The topological polar surface area (TPSA) is 73.6 Å². The summed E-state index contributed by atoms with van der Waals surface area (Å²) in [6.07, 6.45) is -3.54. The van der Waals surface area contributed by atoms with Gasteiger partial charge in [-0.2, -0.15) is 0 Å². The van der Waals surface area contributed by atoms with Crippen LogP contribution in [0.4, 0.5) is 18.9 Å². The summed E-state index contributed by atoms with van der Waals surface area (Å²) in [5.74, 6) is -0.905. The van der Waals surface area contributed by atoms with Crippen LogP contribution in [0.25, 0.3) is 0 Å². The number of rotatable bonds is 2. The van der Waals surface area contributed by atoms with Gasteiger partial charge >= 0.3 is 0 Å². The average Bonchev–Trinajstić information content (AvgIpc) is 2.35. The lowest BCUT2D eigenvalue weighted by atomic mass is 9.89. The Morgan fingerprint density at radius 3 is 2.60 bits per heavy atom. The van der Waals surface area contributed by atoms with E-state index in [1.807, 2.05) is 0 Å². The van der Waals surface area contributed by atoms with Crippen LogP contribution in [0.3, 0.4) is 0 Å². The summed E-state index contributed by atoms with van der Waals surface area (Å²) in [7, 11) is 0. The van der Waals surface area contributed by atoms with Gasteiger partial charge in [0.1, 0.15) is 17.8 Å². The highest BCUT2D eigenvalue weighted by molar-refractivity contribution is 5.86. The van der Waals surface area contributed by atoms with Crippen molar-refractivity contribution in [3.63, 3.8) is 0 Å². The number of ether oxygens (including phenoxy) is 1. The largest absolute Gasteiger partial charge is 0.399 e. The third kappa shape index (κ3) is 2.69. The normalized spacial score (nSPS) is 26.1. The molecule has 4 nitrogen and oxygen atoms in total. The fourth-order valence-electron chi connectivity index (χ4n) is 1.93. The minimum Gasteiger partial charge on any atom is -0.399 e. The number of halogens is 4. The number of anilines is 1. The molecule has 0 bridgehead atoms. The zero-order valence-electron chi connectivity index (χ0n) is 10.6. The third-order valence-electron chi connectivity index (χ3n) is 3.12. The lowest BCUT2D eigenvalue weighted by molar-refractivity contribution is -0.0340. The summed E-state index contributed by atoms with van der Waals surface area (Å²) >= 11 is 0. The Bertz CT molecular complexity index is 527. The van der Waals surface area contributed by atoms with Crippen molar-refractivity contribution >= 4 is 23.9 Å². The van der Waals surface area contributed by atoms with E-state index in [4.69, 9.17) is 16.2 Å². The lowest BCUT2D eigenvalue weighted by Gasteiger charge is -2.35. The predicted molar refractivity (Wildman–Crippen MR) is 72.8 cm³/mol. The van der Waals surface area contributed by atoms with E-state index in [1.165, 1.54) is 6.07 Å². The number of nitrogens with two attached hydrogens (primary N) is 2. The molecule has 0 radical (unpaired) electrons. The van der Waals surface area contributed by atoms with Crippen molar-refractivity contribution in [1.29, 1.82) is 0 Å². The van der Waals surface area contributed by atoms with Gasteiger partial charge in [-0.3, -0.25) is 4.99 Å². The van der Waals surface area contributed by atoms with Crippen LogP contribution in [0.2, 0.25) is 0 Å². The van der Waals surface area contributed by atoms with Crippen LogP contribution in [-0.4, -0.2) is 25.0 Å². The van der Waals surface area contributed by atoms with Crippen LogP contribution in [0.5, 0.6) is 0 Å². The smallest absolute Gasteiger partial charge is 0.269 e. The molecule has 2 rings (SSSR count). The Kier molecular flexibility index (Phi) is 4.88. The molecule has 4 N–H and O–H groups in total. The van der Waals surface area contributed by atoms with Gasteiger partial charge < -0.3 is 16.2 Å². The monoisotopic (exact) mass is 309 g/mol. The average molecular weight is 310 g/mol. The highest BCUT2D eigenvalue weighted by Gasteiger charge is 2.47. The Balaban J connectivity index is 0.00000200. The number of nitrogens with zero attached hydrogens (tertiary/aromatic N) is 1. The van der Waals surface area contributed by atoms with Crippen molar-refractivity contribution < 1.29 is 17.9 Å². The number of alkyl halides is 2. The molecule has 1 heterocycles.